The Balaban J connectivity index is 2.33. The lowest BCUT2D eigenvalue weighted by atomic mass is 10.3. The molecule has 94 valence electrons. The lowest BCUT2D eigenvalue weighted by molar-refractivity contribution is 0.589. The van der Waals surface area contributed by atoms with E-state index >= 15 is 0 Å². The zero-order valence-corrected chi connectivity index (χ0v) is 10.5. The third kappa shape index (κ3) is 2.71. The van der Waals surface area contributed by atoms with Gasteiger partial charge >= 0.3 is 0 Å². The van der Waals surface area contributed by atoms with Crippen LogP contribution in [-0.2, 0) is 0 Å². The van der Waals surface area contributed by atoms with E-state index < -0.39 is 11.6 Å². The predicted molar refractivity (Wildman–Crippen MR) is 67.2 cm³/mol. The minimum atomic E-state index is -0.734. The molecule has 0 fully saturated rings. The van der Waals surface area contributed by atoms with Gasteiger partial charge in [0, 0.05) is 10.7 Å². The smallest absolute Gasteiger partial charge is 0.239 e. The first kappa shape index (κ1) is 12.7. The summed E-state index contributed by atoms with van der Waals surface area (Å²) in [6.07, 6.45) is 1.40. The number of nitrogen functional groups attached to an aromatic ring is 1. The third-order valence-electron chi connectivity index (χ3n) is 2.04. The normalized spacial score (nSPS) is 10.2. The molecule has 0 saturated carbocycles. The van der Waals surface area contributed by atoms with Crippen LogP contribution < -0.4 is 16.6 Å². The summed E-state index contributed by atoms with van der Waals surface area (Å²) in [5.74, 6) is 4.02. The van der Waals surface area contributed by atoms with E-state index in [-0.39, 0.29) is 17.5 Å². The van der Waals surface area contributed by atoms with Crippen molar-refractivity contribution in [3.8, 4) is 0 Å². The second kappa shape index (κ2) is 5.23. The zero-order chi connectivity index (χ0) is 13.1. The summed E-state index contributed by atoms with van der Waals surface area (Å²) in [7, 11) is 0. The van der Waals surface area contributed by atoms with Gasteiger partial charge in [-0.2, -0.15) is 4.98 Å². The van der Waals surface area contributed by atoms with E-state index in [2.05, 4.69) is 36.6 Å². The summed E-state index contributed by atoms with van der Waals surface area (Å²) in [4.78, 5) is 7.66. The molecule has 0 aliphatic heterocycles. The molecule has 1 heterocycles. The lowest BCUT2D eigenvalue weighted by Gasteiger charge is -2.09. The highest BCUT2D eigenvalue weighted by atomic mass is 79.9. The number of aromatic nitrogens is 2. The van der Waals surface area contributed by atoms with Crippen LogP contribution in [0.2, 0.25) is 0 Å². The fourth-order valence-electron chi connectivity index (χ4n) is 1.29. The molecule has 0 spiro atoms. The number of anilines is 3. The summed E-state index contributed by atoms with van der Waals surface area (Å²) in [5.41, 5.74) is 1.94. The lowest BCUT2D eigenvalue weighted by Crippen LogP contribution is -2.11. The highest BCUT2D eigenvalue weighted by Gasteiger charge is 2.11. The molecule has 0 unspecified atom stereocenters. The van der Waals surface area contributed by atoms with E-state index in [1.807, 2.05) is 0 Å². The second-order valence-corrected chi connectivity index (χ2v) is 4.19. The van der Waals surface area contributed by atoms with Crippen molar-refractivity contribution >= 4 is 33.4 Å². The van der Waals surface area contributed by atoms with E-state index in [9.17, 15) is 8.78 Å². The number of rotatable bonds is 3. The largest absolute Gasteiger partial charge is 0.335 e. The van der Waals surface area contributed by atoms with Gasteiger partial charge in [0.15, 0.2) is 11.6 Å². The van der Waals surface area contributed by atoms with Crippen LogP contribution in [0.1, 0.15) is 0 Å². The van der Waals surface area contributed by atoms with Gasteiger partial charge in [0.2, 0.25) is 5.95 Å². The first-order valence-electron chi connectivity index (χ1n) is 4.81. The van der Waals surface area contributed by atoms with Crippen molar-refractivity contribution in [2.24, 2.45) is 5.84 Å². The molecule has 1 aromatic heterocycles. The first-order chi connectivity index (χ1) is 8.60. The van der Waals surface area contributed by atoms with Gasteiger partial charge in [-0.3, -0.25) is 5.43 Å². The van der Waals surface area contributed by atoms with Gasteiger partial charge in [0.25, 0.3) is 0 Å². The fraction of sp³-hybridized carbons (Fsp3) is 0. The van der Waals surface area contributed by atoms with E-state index in [0.29, 0.717) is 4.47 Å². The van der Waals surface area contributed by atoms with E-state index in [1.165, 1.54) is 12.3 Å². The summed E-state index contributed by atoms with van der Waals surface area (Å²) in [5, 5.41) is 2.52. The predicted octanol–water partition coefficient (Wildman–Crippen LogP) is 2.55. The minimum Gasteiger partial charge on any atom is -0.335 e. The zero-order valence-electron chi connectivity index (χ0n) is 8.92. The van der Waals surface area contributed by atoms with Crippen molar-refractivity contribution in [1.29, 1.82) is 0 Å². The molecule has 5 nitrogen and oxygen atoms in total. The van der Waals surface area contributed by atoms with Gasteiger partial charge in [-0.1, -0.05) is 15.9 Å². The third-order valence-corrected chi connectivity index (χ3v) is 2.50. The maximum Gasteiger partial charge on any atom is 0.239 e. The second-order valence-electron chi connectivity index (χ2n) is 3.28. The molecule has 0 radical (unpaired) electrons. The Morgan fingerprint density at radius 2 is 1.89 bits per heavy atom. The Morgan fingerprint density at radius 1 is 1.22 bits per heavy atom. The number of hydrogen-bond acceptors (Lipinski definition) is 5. The molecule has 18 heavy (non-hydrogen) atoms. The number of nitrogens with one attached hydrogen (secondary N) is 2. The molecule has 2 aromatic rings. The van der Waals surface area contributed by atoms with Crippen molar-refractivity contribution < 1.29 is 8.78 Å². The topological polar surface area (TPSA) is 75.9 Å². The molecular weight excluding hydrogens is 308 g/mol. The van der Waals surface area contributed by atoms with E-state index in [0.717, 1.165) is 12.1 Å². The van der Waals surface area contributed by atoms with Gasteiger partial charge in [0.05, 0.1) is 0 Å². The molecular formula is C10H8BrF2N5. The van der Waals surface area contributed by atoms with Crippen LogP contribution in [-0.4, -0.2) is 9.97 Å². The van der Waals surface area contributed by atoms with Gasteiger partial charge in [-0.05, 0) is 18.2 Å². The average molecular weight is 316 g/mol. The van der Waals surface area contributed by atoms with Crippen LogP contribution in [0.3, 0.4) is 0 Å². The number of hydrogen-bond donors (Lipinski definition) is 3. The molecule has 8 heteroatoms. The average Bonchev–Trinajstić information content (AvgIpc) is 2.34. The van der Waals surface area contributed by atoms with Crippen molar-refractivity contribution in [2.75, 3.05) is 10.7 Å². The molecule has 4 N–H and O–H groups in total. The number of benzene rings is 1. The van der Waals surface area contributed by atoms with Gasteiger partial charge in [0.1, 0.15) is 11.5 Å². The van der Waals surface area contributed by atoms with E-state index in [4.69, 9.17) is 5.84 Å². The number of nitrogens with zero attached hydrogens (tertiary/aromatic N) is 2. The Labute approximate surface area is 110 Å². The summed E-state index contributed by atoms with van der Waals surface area (Å²) in [6.45, 7) is 0. The Morgan fingerprint density at radius 3 is 2.50 bits per heavy atom. The molecule has 0 bridgehead atoms. The van der Waals surface area contributed by atoms with E-state index in [1.54, 1.807) is 0 Å². The molecule has 0 atom stereocenters. The van der Waals surface area contributed by atoms with Crippen molar-refractivity contribution in [2.45, 2.75) is 0 Å². The van der Waals surface area contributed by atoms with Crippen LogP contribution in [0, 0.1) is 11.6 Å². The van der Waals surface area contributed by atoms with Crippen molar-refractivity contribution in [3.05, 3.63) is 40.5 Å². The first-order valence-corrected chi connectivity index (χ1v) is 5.60. The number of hydrazine groups is 1. The maximum atomic E-state index is 13.6. The van der Waals surface area contributed by atoms with Crippen LogP contribution in [0.15, 0.2) is 28.9 Å². The maximum absolute atomic E-state index is 13.6. The monoisotopic (exact) mass is 315 g/mol. The van der Waals surface area contributed by atoms with Crippen molar-refractivity contribution in [1.82, 2.24) is 9.97 Å². The summed E-state index contributed by atoms with van der Waals surface area (Å²) in [6, 6.07) is 3.76. The van der Waals surface area contributed by atoms with Crippen LogP contribution >= 0.6 is 15.9 Å². The molecule has 0 saturated heterocycles. The quantitative estimate of drug-likeness (QED) is 0.599. The van der Waals surface area contributed by atoms with Crippen LogP contribution in [0.25, 0.3) is 0 Å². The highest BCUT2D eigenvalue weighted by molar-refractivity contribution is 9.10. The Bertz CT molecular complexity index is 555. The SMILES string of the molecule is NNc1nccc(Nc2c(F)cc(Br)cc2F)n1. The molecule has 0 aliphatic carbocycles. The molecule has 0 aliphatic rings. The Kier molecular flexibility index (Phi) is 3.68. The molecule has 1 aromatic carbocycles. The van der Waals surface area contributed by atoms with Crippen LogP contribution in [0.5, 0.6) is 0 Å². The standard InChI is InChI=1S/C10H8BrF2N5/c11-5-3-6(12)9(7(13)4-5)16-8-1-2-15-10(17-8)18-14/h1-4H,14H2,(H2,15,16,17,18). The van der Waals surface area contributed by atoms with Crippen molar-refractivity contribution in [3.63, 3.8) is 0 Å². The summed E-state index contributed by atoms with van der Waals surface area (Å²) >= 11 is 3.00. The Hall–Kier alpha value is -1.80. The fourth-order valence-corrected chi connectivity index (χ4v) is 1.69. The van der Waals surface area contributed by atoms with Gasteiger partial charge < -0.3 is 5.32 Å². The van der Waals surface area contributed by atoms with Crippen LogP contribution in [0.4, 0.5) is 26.2 Å². The molecule has 0 amide bonds. The molecule has 2 rings (SSSR count). The summed E-state index contributed by atoms with van der Waals surface area (Å²) < 4.78 is 27.4. The number of nitrogens with two attached hydrogens (primary N) is 1. The number of halogens is 3. The highest BCUT2D eigenvalue weighted by Crippen LogP contribution is 2.26. The van der Waals surface area contributed by atoms with Gasteiger partial charge in [-0.25, -0.2) is 19.6 Å². The minimum absolute atomic E-state index is 0.137. The van der Waals surface area contributed by atoms with Gasteiger partial charge in [-0.15, -0.1) is 0 Å².